The third-order valence-electron chi connectivity index (χ3n) is 3.75. The van der Waals surface area contributed by atoms with Crippen LogP contribution >= 0.6 is 0 Å². The molecule has 5 nitrogen and oxygen atoms in total. The molecule has 1 saturated heterocycles. The Morgan fingerprint density at radius 1 is 1.30 bits per heavy atom. The molecule has 0 aliphatic carbocycles. The van der Waals surface area contributed by atoms with Crippen LogP contribution in [0.3, 0.4) is 0 Å². The Morgan fingerprint density at radius 2 is 2.00 bits per heavy atom. The number of carbonyl (C=O) groups is 2. The first-order valence-corrected chi connectivity index (χ1v) is 6.74. The van der Waals surface area contributed by atoms with E-state index in [0.29, 0.717) is 19.6 Å². The van der Waals surface area contributed by atoms with Gasteiger partial charge in [-0.15, -0.1) is 0 Å². The van der Waals surface area contributed by atoms with Gasteiger partial charge in [-0.05, 0) is 18.9 Å². The third kappa shape index (κ3) is 2.54. The van der Waals surface area contributed by atoms with Crippen LogP contribution in [-0.2, 0) is 19.9 Å². The lowest BCUT2D eigenvalue weighted by molar-refractivity contribution is -0.153. The quantitative estimate of drug-likeness (QED) is 0.813. The number of benzene rings is 1. The van der Waals surface area contributed by atoms with Crippen molar-refractivity contribution in [1.82, 2.24) is 10.2 Å². The van der Waals surface area contributed by atoms with E-state index in [0.717, 1.165) is 5.56 Å². The van der Waals surface area contributed by atoms with E-state index in [1.54, 1.807) is 18.9 Å². The van der Waals surface area contributed by atoms with Crippen molar-refractivity contribution in [3.8, 4) is 0 Å². The summed E-state index contributed by atoms with van der Waals surface area (Å²) in [6.07, 6.45) is 0.706. The molecular formula is C15H20N2O3. The second-order valence-electron chi connectivity index (χ2n) is 5.01. The molecule has 0 bridgehead atoms. The van der Waals surface area contributed by atoms with Crippen molar-refractivity contribution in [1.29, 1.82) is 0 Å². The summed E-state index contributed by atoms with van der Waals surface area (Å²) in [5, 5.41) is 2.68. The summed E-state index contributed by atoms with van der Waals surface area (Å²) in [7, 11) is 1.63. The molecule has 1 unspecified atom stereocenters. The Morgan fingerprint density at radius 3 is 2.65 bits per heavy atom. The molecule has 108 valence electrons. The maximum atomic E-state index is 12.4. The Bertz CT molecular complexity index is 489. The van der Waals surface area contributed by atoms with Gasteiger partial charge in [0.2, 0.25) is 5.91 Å². The number of nitrogens with one attached hydrogen (secondary N) is 1. The summed E-state index contributed by atoms with van der Waals surface area (Å²) in [4.78, 5) is 26.2. The smallest absolute Gasteiger partial charge is 0.250 e. The molecular weight excluding hydrogens is 256 g/mol. The van der Waals surface area contributed by atoms with Gasteiger partial charge in [-0.25, -0.2) is 0 Å². The van der Waals surface area contributed by atoms with Gasteiger partial charge in [0.1, 0.15) is 5.54 Å². The van der Waals surface area contributed by atoms with Gasteiger partial charge in [0.15, 0.2) is 0 Å². The lowest BCUT2D eigenvalue weighted by Crippen LogP contribution is -2.64. The van der Waals surface area contributed by atoms with E-state index >= 15 is 0 Å². The van der Waals surface area contributed by atoms with E-state index in [1.165, 1.54) is 0 Å². The van der Waals surface area contributed by atoms with Gasteiger partial charge in [-0.2, -0.15) is 0 Å². The zero-order valence-electron chi connectivity index (χ0n) is 11.9. The Balaban J connectivity index is 2.32. The van der Waals surface area contributed by atoms with Crippen LogP contribution in [0.15, 0.2) is 30.3 Å². The van der Waals surface area contributed by atoms with E-state index in [4.69, 9.17) is 4.74 Å². The molecule has 0 spiro atoms. The average molecular weight is 276 g/mol. The molecule has 20 heavy (non-hydrogen) atoms. The number of amides is 2. The van der Waals surface area contributed by atoms with Crippen LogP contribution in [0.2, 0.25) is 0 Å². The number of hydrogen-bond donors (Lipinski definition) is 1. The van der Waals surface area contributed by atoms with Crippen molar-refractivity contribution in [2.24, 2.45) is 0 Å². The predicted molar refractivity (Wildman–Crippen MR) is 75.0 cm³/mol. The number of ether oxygens (including phenoxy) is 1. The number of piperazine rings is 1. The molecule has 2 rings (SSSR count). The summed E-state index contributed by atoms with van der Waals surface area (Å²) < 4.78 is 5.03. The van der Waals surface area contributed by atoms with E-state index < -0.39 is 5.54 Å². The zero-order valence-corrected chi connectivity index (χ0v) is 11.9. The predicted octanol–water partition coefficient (Wildman–Crippen LogP) is 0.897. The molecule has 5 heteroatoms. The zero-order chi connectivity index (χ0) is 14.6. The van der Waals surface area contributed by atoms with Crippen molar-refractivity contribution in [3.63, 3.8) is 0 Å². The highest BCUT2D eigenvalue weighted by Gasteiger charge is 2.46. The molecule has 1 aliphatic heterocycles. The first kappa shape index (κ1) is 14.5. The largest absolute Gasteiger partial charge is 0.385 e. The number of rotatable bonds is 5. The second kappa shape index (κ2) is 6.05. The van der Waals surface area contributed by atoms with Crippen LogP contribution in [0.4, 0.5) is 0 Å². The molecule has 0 saturated carbocycles. The van der Waals surface area contributed by atoms with Crippen molar-refractivity contribution < 1.29 is 14.3 Å². The maximum absolute atomic E-state index is 12.4. The second-order valence-corrected chi connectivity index (χ2v) is 5.01. The minimum atomic E-state index is -0.954. The van der Waals surface area contributed by atoms with Gasteiger partial charge in [-0.3, -0.25) is 9.59 Å². The van der Waals surface area contributed by atoms with E-state index in [2.05, 4.69) is 5.32 Å². The lowest BCUT2D eigenvalue weighted by Gasteiger charge is -2.43. The van der Waals surface area contributed by atoms with Crippen LogP contribution in [0, 0.1) is 0 Å². The fourth-order valence-corrected chi connectivity index (χ4v) is 2.56. The fraction of sp³-hybridized carbons (Fsp3) is 0.467. The van der Waals surface area contributed by atoms with E-state index in [9.17, 15) is 9.59 Å². The highest BCUT2D eigenvalue weighted by molar-refractivity contribution is 5.98. The maximum Gasteiger partial charge on any atom is 0.250 e. The Kier molecular flexibility index (Phi) is 4.39. The molecule has 1 aliphatic rings. The van der Waals surface area contributed by atoms with Crippen LogP contribution in [0.25, 0.3) is 0 Å². The van der Waals surface area contributed by atoms with Crippen LogP contribution in [-0.4, -0.2) is 43.5 Å². The number of methoxy groups -OCH3 is 1. The summed E-state index contributed by atoms with van der Waals surface area (Å²) in [5.74, 6) is -0.201. The van der Waals surface area contributed by atoms with Crippen molar-refractivity contribution in [3.05, 3.63) is 35.9 Å². The molecule has 1 heterocycles. The molecule has 1 N–H and O–H groups in total. The number of nitrogens with zero attached hydrogens (tertiary/aromatic N) is 1. The monoisotopic (exact) mass is 276 g/mol. The molecule has 1 aromatic carbocycles. The minimum absolute atomic E-state index is 0.0629. The van der Waals surface area contributed by atoms with E-state index in [-0.39, 0.29) is 18.4 Å². The number of carbonyl (C=O) groups excluding carboxylic acids is 2. The topological polar surface area (TPSA) is 58.6 Å². The summed E-state index contributed by atoms with van der Waals surface area (Å²) in [6.45, 7) is 2.93. The van der Waals surface area contributed by atoms with Gasteiger partial charge in [0.05, 0.1) is 6.54 Å². The van der Waals surface area contributed by atoms with E-state index in [1.807, 2.05) is 30.3 Å². The van der Waals surface area contributed by atoms with Gasteiger partial charge >= 0.3 is 0 Å². The molecule has 1 atom stereocenters. The first-order valence-electron chi connectivity index (χ1n) is 6.74. The van der Waals surface area contributed by atoms with Crippen molar-refractivity contribution in [2.75, 3.05) is 26.8 Å². The standard InChI is InChI=1S/C15H20N2O3/c1-15(12-7-4-3-5-8-12)14(19)16-11-13(18)17(15)9-6-10-20-2/h3-5,7-8H,6,9-11H2,1-2H3,(H,16,19). The normalized spacial score (nSPS) is 22.8. The minimum Gasteiger partial charge on any atom is -0.385 e. The van der Waals surface area contributed by atoms with Crippen LogP contribution < -0.4 is 5.32 Å². The molecule has 0 radical (unpaired) electrons. The van der Waals surface area contributed by atoms with Gasteiger partial charge in [0.25, 0.3) is 5.91 Å². The summed E-state index contributed by atoms with van der Waals surface area (Å²) in [5.41, 5.74) is -0.132. The molecule has 1 aromatic rings. The molecule has 0 aromatic heterocycles. The summed E-state index contributed by atoms with van der Waals surface area (Å²) in [6, 6.07) is 9.40. The first-order chi connectivity index (χ1) is 9.60. The SMILES string of the molecule is COCCCN1C(=O)CNC(=O)C1(C)c1ccccc1. The van der Waals surface area contributed by atoms with Gasteiger partial charge in [0, 0.05) is 20.3 Å². The van der Waals surface area contributed by atoms with Crippen LogP contribution in [0.5, 0.6) is 0 Å². The third-order valence-corrected chi connectivity index (χ3v) is 3.75. The fourth-order valence-electron chi connectivity index (χ4n) is 2.56. The Hall–Kier alpha value is -1.88. The van der Waals surface area contributed by atoms with Gasteiger partial charge in [-0.1, -0.05) is 30.3 Å². The average Bonchev–Trinajstić information content (AvgIpc) is 2.48. The molecule has 1 fully saturated rings. The molecule has 2 amide bonds. The summed E-state index contributed by atoms with van der Waals surface area (Å²) >= 11 is 0. The number of hydrogen-bond acceptors (Lipinski definition) is 3. The highest BCUT2D eigenvalue weighted by atomic mass is 16.5. The lowest BCUT2D eigenvalue weighted by atomic mass is 9.87. The van der Waals surface area contributed by atoms with Crippen LogP contribution in [0.1, 0.15) is 18.9 Å². The highest BCUT2D eigenvalue weighted by Crippen LogP contribution is 2.31. The van der Waals surface area contributed by atoms with Crippen molar-refractivity contribution >= 4 is 11.8 Å². The van der Waals surface area contributed by atoms with Crippen molar-refractivity contribution in [2.45, 2.75) is 18.9 Å². The Labute approximate surface area is 118 Å². The van der Waals surface area contributed by atoms with Gasteiger partial charge < -0.3 is 15.0 Å².